The number of nitrogens with zero attached hydrogens (tertiary/aromatic N) is 2. The topological polar surface area (TPSA) is 41.9 Å². The molecule has 0 spiro atoms. The zero-order valence-electron chi connectivity index (χ0n) is 12.9. The number of benzene rings is 2. The van der Waals surface area contributed by atoms with Crippen molar-refractivity contribution in [2.75, 3.05) is 18.1 Å². The quantitative estimate of drug-likeness (QED) is 0.459. The number of aliphatic imine (C=N–C) groups is 1. The van der Waals surface area contributed by atoms with Crippen molar-refractivity contribution in [1.29, 1.82) is 0 Å². The molecule has 0 fully saturated rings. The third kappa shape index (κ3) is 3.95. The maximum Gasteiger partial charge on any atom is 0.340 e. The molecule has 0 amide bonds. The number of rotatable bonds is 6. The molecule has 2 aromatic rings. The summed E-state index contributed by atoms with van der Waals surface area (Å²) >= 11 is 0. The van der Waals surface area contributed by atoms with Crippen molar-refractivity contribution in [3.63, 3.8) is 0 Å². The van der Waals surface area contributed by atoms with Gasteiger partial charge in [-0.15, -0.1) is 0 Å². The highest BCUT2D eigenvalue weighted by molar-refractivity contribution is 5.99. The Bertz CT molecular complexity index is 639. The number of ether oxygens (including phenoxy) is 1. The van der Waals surface area contributed by atoms with Gasteiger partial charge in [0.1, 0.15) is 0 Å². The monoisotopic (exact) mass is 296 g/mol. The Kier molecular flexibility index (Phi) is 5.72. The molecule has 0 unspecified atom stereocenters. The normalized spacial score (nSPS) is 10.6. The lowest BCUT2D eigenvalue weighted by Crippen LogP contribution is -2.23. The zero-order valence-corrected chi connectivity index (χ0v) is 12.9. The van der Waals surface area contributed by atoms with Gasteiger partial charge in [0.05, 0.1) is 29.9 Å². The van der Waals surface area contributed by atoms with Crippen LogP contribution >= 0.6 is 0 Å². The van der Waals surface area contributed by atoms with Gasteiger partial charge in [-0.05, 0) is 38.1 Å². The maximum absolute atomic E-state index is 12.1. The number of para-hydroxylation sites is 2. The maximum atomic E-state index is 12.1. The van der Waals surface area contributed by atoms with Crippen molar-refractivity contribution in [3.05, 3.63) is 60.2 Å². The molecular formula is C18H20N2O2. The number of hydrogen-bond acceptors (Lipinski definition) is 3. The molecule has 22 heavy (non-hydrogen) atoms. The summed E-state index contributed by atoms with van der Waals surface area (Å²) in [6.07, 6.45) is 1.74. The Balaban J connectivity index is 2.28. The second-order valence-corrected chi connectivity index (χ2v) is 4.60. The van der Waals surface area contributed by atoms with Gasteiger partial charge in [-0.25, -0.2) is 9.79 Å². The molecule has 0 saturated carbocycles. The van der Waals surface area contributed by atoms with E-state index in [1.54, 1.807) is 19.3 Å². The summed E-state index contributed by atoms with van der Waals surface area (Å²) in [4.78, 5) is 18.4. The molecule has 4 nitrogen and oxygen atoms in total. The van der Waals surface area contributed by atoms with Gasteiger partial charge < -0.3 is 9.64 Å². The minimum Gasteiger partial charge on any atom is -0.462 e. The van der Waals surface area contributed by atoms with Crippen LogP contribution in [-0.4, -0.2) is 25.5 Å². The van der Waals surface area contributed by atoms with Crippen LogP contribution in [0, 0.1) is 0 Å². The van der Waals surface area contributed by atoms with E-state index in [1.807, 2.05) is 60.4 Å². The van der Waals surface area contributed by atoms with Crippen molar-refractivity contribution in [1.82, 2.24) is 0 Å². The second kappa shape index (κ2) is 7.98. The van der Waals surface area contributed by atoms with Gasteiger partial charge in [0, 0.05) is 6.54 Å². The van der Waals surface area contributed by atoms with Crippen molar-refractivity contribution < 1.29 is 9.53 Å². The van der Waals surface area contributed by atoms with E-state index in [2.05, 4.69) is 4.99 Å². The third-order valence-corrected chi connectivity index (χ3v) is 3.15. The predicted molar refractivity (Wildman–Crippen MR) is 90.0 cm³/mol. The second-order valence-electron chi connectivity index (χ2n) is 4.60. The summed E-state index contributed by atoms with van der Waals surface area (Å²) in [5.41, 5.74) is 2.21. The Morgan fingerprint density at radius 1 is 1.09 bits per heavy atom. The Hall–Kier alpha value is -2.62. The first-order valence-corrected chi connectivity index (χ1v) is 7.38. The van der Waals surface area contributed by atoms with Crippen LogP contribution in [0.4, 0.5) is 11.4 Å². The number of carbonyl (C=O) groups is 1. The van der Waals surface area contributed by atoms with Crippen LogP contribution in [-0.2, 0) is 4.74 Å². The van der Waals surface area contributed by atoms with Crippen molar-refractivity contribution in [2.24, 2.45) is 4.99 Å². The molecule has 0 aromatic heterocycles. The van der Waals surface area contributed by atoms with Crippen LogP contribution in [0.1, 0.15) is 24.2 Å². The molecule has 4 heteroatoms. The predicted octanol–water partition coefficient (Wildman–Crippen LogP) is 4.05. The average Bonchev–Trinajstić information content (AvgIpc) is 2.57. The summed E-state index contributed by atoms with van der Waals surface area (Å²) in [6, 6.07) is 17.1. The highest BCUT2D eigenvalue weighted by Gasteiger charge is 2.15. The van der Waals surface area contributed by atoms with E-state index in [0.717, 1.165) is 11.4 Å². The summed E-state index contributed by atoms with van der Waals surface area (Å²) in [7, 11) is 0. The molecule has 0 atom stereocenters. The smallest absolute Gasteiger partial charge is 0.340 e. The Morgan fingerprint density at radius 3 is 2.45 bits per heavy atom. The third-order valence-electron chi connectivity index (χ3n) is 3.15. The molecular weight excluding hydrogens is 276 g/mol. The summed E-state index contributed by atoms with van der Waals surface area (Å²) in [6.45, 7) is 4.87. The van der Waals surface area contributed by atoms with E-state index in [9.17, 15) is 4.79 Å². The SMILES string of the molecule is CCOC(=O)c1ccccc1N(/C=N/c1ccccc1)CC. The van der Waals surface area contributed by atoms with E-state index in [4.69, 9.17) is 4.74 Å². The lowest BCUT2D eigenvalue weighted by molar-refractivity contribution is 0.0527. The van der Waals surface area contributed by atoms with Crippen molar-refractivity contribution in [3.8, 4) is 0 Å². The van der Waals surface area contributed by atoms with Gasteiger partial charge in [0.25, 0.3) is 0 Å². The zero-order chi connectivity index (χ0) is 15.8. The first-order valence-electron chi connectivity index (χ1n) is 7.38. The summed E-state index contributed by atoms with van der Waals surface area (Å²) in [5, 5.41) is 0. The lowest BCUT2D eigenvalue weighted by atomic mass is 10.1. The van der Waals surface area contributed by atoms with Gasteiger partial charge in [-0.3, -0.25) is 0 Å². The van der Waals surface area contributed by atoms with E-state index < -0.39 is 0 Å². The van der Waals surface area contributed by atoms with Crippen LogP contribution in [0.15, 0.2) is 59.6 Å². The minimum absolute atomic E-state index is 0.315. The first-order chi connectivity index (χ1) is 10.8. The molecule has 2 aromatic carbocycles. The van der Waals surface area contributed by atoms with Gasteiger partial charge in [0.2, 0.25) is 0 Å². The molecule has 0 heterocycles. The van der Waals surface area contributed by atoms with Gasteiger partial charge in [-0.1, -0.05) is 30.3 Å². The molecule has 0 saturated heterocycles. The number of esters is 1. The first kappa shape index (κ1) is 15.8. The highest BCUT2D eigenvalue weighted by atomic mass is 16.5. The van der Waals surface area contributed by atoms with E-state index >= 15 is 0 Å². The number of hydrogen-bond donors (Lipinski definition) is 0. The van der Waals surface area contributed by atoms with E-state index in [1.165, 1.54) is 0 Å². The standard InChI is InChI=1S/C18H20N2O2/c1-3-20(14-19-15-10-6-5-7-11-15)17-13-9-8-12-16(17)18(21)22-4-2/h5-14H,3-4H2,1-2H3/b19-14+. The van der Waals surface area contributed by atoms with Gasteiger partial charge in [-0.2, -0.15) is 0 Å². The molecule has 114 valence electrons. The summed E-state index contributed by atoms with van der Waals surface area (Å²) in [5.74, 6) is -0.315. The van der Waals surface area contributed by atoms with Crippen LogP contribution in [0.25, 0.3) is 0 Å². The van der Waals surface area contributed by atoms with Crippen molar-refractivity contribution in [2.45, 2.75) is 13.8 Å². The van der Waals surface area contributed by atoms with Crippen LogP contribution < -0.4 is 4.90 Å². The fourth-order valence-electron chi connectivity index (χ4n) is 2.07. The molecule has 0 aliphatic rings. The van der Waals surface area contributed by atoms with Crippen LogP contribution in [0.3, 0.4) is 0 Å². The van der Waals surface area contributed by atoms with Crippen LogP contribution in [0.2, 0.25) is 0 Å². The van der Waals surface area contributed by atoms with E-state index in [-0.39, 0.29) is 5.97 Å². The lowest BCUT2D eigenvalue weighted by Gasteiger charge is -2.20. The number of anilines is 1. The fourth-order valence-corrected chi connectivity index (χ4v) is 2.07. The molecule has 0 radical (unpaired) electrons. The molecule has 0 aliphatic carbocycles. The molecule has 0 bridgehead atoms. The average molecular weight is 296 g/mol. The Labute approximate surface area is 131 Å². The highest BCUT2D eigenvalue weighted by Crippen LogP contribution is 2.21. The van der Waals surface area contributed by atoms with Crippen molar-refractivity contribution >= 4 is 23.7 Å². The Morgan fingerprint density at radius 2 is 1.77 bits per heavy atom. The largest absolute Gasteiger partial charge is 0.462 e. The summed E-state index contributed by atoms with van der Waals surface area (Å²) < 4.78 is 5.12. The van der Waals surface area contributed by atoms with E-state index in [0.29, 0.717) is 18.7 Å². The van der Waals surface area contributed by atoms with Crippen LogP contribution in [0.5, 0.6) is 0 Å². The molecule has 0 N–H and O–H groups in total. The van der Waals surface area contributed by atoms with Gasteiger partial charge in [0.15, 0.2) is 0 Å². The van der Waals surface area contributed by atoms with Gasteiger partial charge >= 0.3 is 5.97 Å². The fraction of sp³-hybridized carbons (Fsp3) is 0.222. The number of carbonyl (C=O) groups excluding carboxylic acids is 1. The molecule has 0 aliphatic heterocycles. The minimum atomic E-state index is -0.315. The molecule has 2 rings (SSSR count).